The van der Waals surface area contributed by atoms with Gasteiger partial charge in [-0.15, -0.1) is 0 Å². The van der Waals surface area contributed by atoms with Crippen molar-refractivity contribution in [3.8, 4) is 17.3 Å². The lowest BCUT2D eigenvalue weighted by molar-refractivity contribution is 0.360. The summed E-state index contributed by atoms with van der Waals surface area (Å²) in [6.07, 6.45) is 0. The minimum absolute atomic E-state index is 0.108. The van der Waals surface area contributed by atoms with E-state index in [0.717, 1.165) is 21.9 Å². The van der Waals surface area contributed by atoms with Crippen molar-refractivity contribution >= 4 is 77.7 Å². The molecule has 0 unspecified atom stereocenters. The van der Waals surface area contributed by atoms with E-state index >= 15 is 0 Å². The van der Waals surface area contributed by atoms with Gasteiger partial charge in [-0.05, 0) is 53.8 Å². The summed E-state index contributed by atoms with van der Waals surface area (Å²) in [5, 5.41) is 9.64. The van der Waals surface area contributed by atoms with E-state index < -0.39 is 10.6 Å². The minimum atomic E-state index is -1.35. The van der Waals surface area contributed by atoms with Gasteiger partial charge in [0.05, 0.1) is 33.0 Å². The van der Waals surface area contributed by atoms with Gasteiger partial charge in [0, 0.05) is 16.3 Å². The van der Waals surface area contributed by atoms with Gasteiger partial charge in [0.1, 0.15) is 34.7 Å². The summed E-state index contributed by atoms with van der Waals surface area (Å²) < 4.78 is 6.03. The van der Waals surface area contributed by atoms with E-state index in [1.165, 1.54) is 0 Å². The molecular formula is C24H17B5N2O. The van der Waals surface area contributed by atoms with Crippen LogP contribution in [0.5, 0.6) is 0 Å². The second kappa shape index (κ2) is 7.37. The van der Waals surface area contributed by atoms with Crippen LogP contribution in [-0.2, 0) is 5.21 Å². The number of fused-ring (bicyclic) bond motifs is 3. The van der Waals surface area contributed by atoms with Crippen LogP contribution in [0.4, 0.5) is 0 Å². The van der Waals surface area contributed by atoms with E-state index in [1.807, 2.05) is 45.9 Å². The number of benzene rings is 2. The predicted octanol–water partition coefficient (Wildman–Crippen LogP) is 1.75. The van der Waals surface area contributed by atoms with Gasteiger partial charge in [0.2, 0.25) is 0 Å². The maximum atomic E-state index is 9.24. The molecule has 0 aliphatic carbocycles. The lowest BCUT2D eigenvalue weighted by Gasteiger charge is -2.44. The van der Waals surface area contributed by atoms with Crippen LogP contribution in [0.3, 0.4) is 0 Å². The second-order valence-electron chi connectivity index (χ2n) is 9.26. The highest BCUT2D eigenvalue weighted by Crippen LogP contribution is 2.37. The quantitative estimate of drug-likeness (QED) is 0.479. The molecule has 4 aromatic rings. The molecule has 2 aromatic heterocycles. The highest BCUT2D eigenvalue weighted by atomic mass is 16.3. The van der Waals surface area contributed by atoms with Crippen LogP contribution in [0.1, 0.15) is 37.5 Å². The van der Waals surface area contributed by atoms with Crippen molar-refractivity contribution in [3.05, 3.63) is 47.0 Å². The standard InChI is InChI=1S/C24H17B5N2O/c1-11-7-14-15-8-12(10-30)5-6-16(15)32-17(14)9-13(11)21-19(25)18(20(26)22(27)31-21)24(28,29)23(2,3)4/h5-9H,1-4H3. The van der Waals surface area contributed by atoms with Crippen LogP contribution in [0.25, 0.3) is 33.2 Å². The fourth-order valence-corrected chi connectivity index (χ4v) is 3.91. The largest absolute Gasteiger partial charge is 0.456 e. The first-order valence-corrected chi connectivity index (χ1v) is 10.2. The predicted molar refractivity (Wildman–Crippen MR) is 135 cm³/mol. The van der Waals surface area contributed by atoms with Crippen LogP contribution in [0.2, 0.25) is 0 Å². The summed E-state index contributed by atoms with van der Waals surface area (Å²) in [6.45, 7) is 7.66. The fraction of sp³-hybridized carbons (Fsp3) is 0.250. The van der Waals surface area contributed by atoms with Gasteiger partial charge in [0.25, 0.3) is 0 Å². The topological polar surface area (TPSA) is 49.8 Å². The first-order chi connectivity index (χ1) is 14.9. The monoisotopic (exact) mass is 404 g/mol. The Balaban J connectivity index is 2.02. The molecule has 0 fully saturated rings. The molecule has 144 valence electrons. The molecule has 4 rings (SSSR count). The number of rotatable bonds is 2. The van der Waals surface area contributed by atoms with Crippen molar-refractivity contribution < 1.29 is 4.42 Å². The SMILES string of the molecule is [B]c1nc(-c2cc3oc4ccc(C#N)cc4c3cc2C)c([B])c(C([B])([B])C(C)(C)C)c1[B]. The average Bonchev–Trinajstić information content (AvgIpc) is 3.06. The molecule has 0 bridgehead atoms. The summed E-state index contributed by atoms with van der Waals surface area (Å²) in [5.41, 5.74) is 4.32. The van der Waals surface area contributed by atoms with Crippen molar-refractivity contribution in [1.82, 2.24) is 4.98 Å². The number of hydrogen-bond donors (Lipinski definition) is 0. The molecule has 0 amide bonds. The second-order valence-corrected chi connectivity index (χ2v) is 9.26. The van der Waals surface area contributed by atoms with Crippen LogP contribution >= 0.6 is 0 Å². The molecule has 0 aliphatic heterocycles. The van der Waals surface area contributed by atoms with Crippen molar-refractivity contribution in [2.75, 3.05) is 0 Å². The Kier molecular flexibility index (Phi) is 5.16. The summed E-state index contributed by atoms with van der Waals surface area (Å²) in [4.78, 5) is 4.48. The van der Waals surface area contributed by atoms with E-state index in [9.17, 15) is 5.26 Å². The highest BCUT2D eigenvalue weighted by molar-refractivity contribution is 6.54. The zero-order valence-electron chi connectivity index (χ0n) is 18.6. The molecular weight excluding hydrogens is 386 g/mol. The highest BCUT2D eigenvalue weighted by Gasteiger charge is 2.36. The van der Waals surface area contributed by atoms with Crippen LogP contribution in [-0.4, -0.2) is 44.2 Å². The smallest absolute Gasteiger partial charge is 0.140 e. The number of nitriles is 1. The van der Waals surface area contributed by atoms with E-state index in [2.05, 4.69) is 11.1 Å². The summed E-state index contributed by atoms with van der Waals surface area (Å²) >= 11 is 0. The Morgan fingerprint density at radius 2 is 1.59 bits per heavy atom. The number of nitrogens with zero attached hydrogens (tertiary/aromatic N) is 2. The van der Waals surface area contributed by atoms with E-state index in [1.54, 1.807) is 12.1 Å². The van der Waals surface area contributed by atoms with Gasteiger partial charge in [-0.25, -0.2) is 0 Å². The third-order valence-electron chi connectivity index (χ3n) is 6.16. The van der Waals surface area contributed by atoms with Gasteiger partial charge in [0.15, 0.2) is 0 Å². The van der Waals surface area contributed by atoms with Crippen LogP contribution in [0.15, 0.2) is 34.7 Å². The first kappa shape index (κ1) is 22.4. The van der Waals surface area contributed by atoms with Crippen molar-refractivity contribution in [1.29, 1.82) is 5.26 Å². The van der Waals surface area contributed by atoms with E-state index in [0.29, 0.717) is 28.0 Å². The van der Waals surface area contributed by atoms with Gasteiger partial charge in [-0.2, -0.15) is 5.26 Å². The molecule has 2 aromatic carbocycles. The van der Waals surface area contributed by atoms with Gasteiger partial charge < -0.3 is 4.42 Å². The summed E-state index contributed by atoms with van der Waals surface area (Å²) in [5.74, 6) is 0. The van der Waals surface area contributed by atoms with Crippen molar-refractivity contribution in [2.24, 2.45) is 5.41 Å². The van der Waals surface area contributed by atoms with Gasteiger partial charge in [-0.3, -0.25) is 4.98 Å². The number of aromatic nitrogens is 1. The van der Waals surface area contributed by atoms with E-state index in [-0.39, 0.29) is 16.5 Å². The Hall–Kier alpha value is -2.80. The average molecular weight is 403 g/mol. The summed E-state index contributed by atoms with van der Waals surface area (Å²) in [7, 11) is 32.0. The zero-order chi connectivity index (χ0) is 23.6. The number of hydrogen-bond acceptors (Lipinski definition) is 3. The normalized spacial score (nSPS) is 12.3. The van der Waals surface area contributed by atoms with Crippen LogP contribution in [0, 0.1) is 23.7 Å². The fourth-order valence-electron chi connectivity index (χ4n) is 3.91. The number of pyridine rings is 1. The molecule has 0 atom stereocenters. The molecule has 0 aliphatic rings. The number of furan rings is 1. The maximum Gasteiger partial charge on any atom is 0.140 e. The molecule has 10 radical (unpaired) electrons. The molecule has 0 saturated heterocycles. The Morgan fingerprint density at radius 3 is 2.22 bits per heavy atom. The molecule has 0 spiro atoms. The maximum absolute atomic E-state index is 9.24. The third-order valence-corrected chi connectivity index (χ3v) is 6.16. The first-order valence-electron chi connectivity index (χ1n) is 10.2. The molecule has 3 nitrogen and oxygen atoms in total. The number of aryl methyl sites for hydroxylation is 1. The molecule has 2 heterocycles. The summed E-state index contributed by atoms with van der Waals surface area (Å²) in [6, 6.07) is 11.3. The van der Waals surface area contributed by atoms with Gasteiger partial charge in [-0.1, -0.05) is 42.5 Å². The van der Waals surface area contributed by atoms with E-state index in [4.69, 9.17) is 43.6 Å². The Labute approximate surface area is 195 Å². The molecule has 32 heavy (non-hydrogen) atoms. The Morgan fingerprint density at radius 1 is 0.938 bits per heavy atom. The van der Waals surface area contributed by atoms with Crippen molar-refractivity contribution in [3.63, 3.8) is 0 Å². The molecule has 0 saturated carbocycles. The lowest BCUT2D eigenvalue weighted by Crippen LogP contribution is -2.52. The van der Waals surface area contributed by atoms with Gasteiger partial charge >= 0.3 is 0 Å². The third kappa shape index (κ3) is 3.30. The lowest BCUT2D eigenvalue weighted by atomic mass is 9.38. The van der Waals surface area contributed by atoms with Crippen molar-refractivity contribution in [2.45, 2.75) is 32.9 Å². The van der Waals surface area contributed by atoms with Crippen LogP contribution < -0.4 is 16.5 Å². The minimum Gasteiger partial charge on any atom is -0.456 e. The zero-order valence-corrected chi connectivity index (χ0v) is 18.6. The molecule has 8 heteroatoms. The molecule has 0 N–H and O–H groups in total. The Bertz CT molecular complexity index is 1440.